The standard InChI is InChI=1S/C38H52ClN3O7S/c1-10-29-19-31(39)14-15-32(29)25(4)21-42-22-30-13-16-33(30)38(48-9,20-34-40-35(27(6)49-34)37(44)47-8)17-11-12-23(2)28(7)50(45,46)41-36(43)24(3)18-26(42)5/h11,14-15,17-19,23,25,28,30,33H,3,10,12-13,16,20-22H2,1-2,4-9H3,(H,41,43)/b17-11+,26-18+/t23-,25+,28+,30-,33+,38+/m0/s1. The first kappa shape index (κ1) is 39.4. The Morgan fingerprint density at radius 1 is 1.24 bits per heavy atom. The van der Waals surface area contributed by atoms with Gasteiger partial charge in [0.1, 0.15) is 5.76 Å². The van der Waals surface area contributed by atoms with Crippen molar-refractivity contribution in [3.05, 3.63) is 87.8 Å². The summed E-state index contributed by atoms with van der Waals surface area (Å²) in [5.74, 6) is -0.574. The molecule has 1 aromatic heterocycles. The molecule has 0 unspecified atom stereocenters. The number of carbonyl (C=O) groups excluding carboxylic acids is 2. The minimum absolute atomic E-state index is 0.0424. The predicted molar refractivity (Wildman–Crippen MR) is 195 cm³/mol. The molecule has 10 nitrogen and oxygen atoms in total. The third-order valence-electron chi connectivity index (χ3n) is 10.6. The van der Waals surface area contributed by atoms with Crippen LogP contribution < -0.4 is 4.72 Å². The van der Waals surface area contributed by atoms with Crippen LogP contribution in [0.2, 0.25) is 5.02 Å². The minimum atomic E-state index is -4.01. The van der Waals surface area contributed by atoms with Gasteiger partial charge in [-0.15, -0.1) is 0 Å². The van der Waals surface area contributed by atoms with Crippen molar-refractivity contribution in [2.24, 2.45) is 17.8 Å². The van der Waals surface area contributed by atoms with Crippen LogP contribution in [-0.4, -0.2) is 68.3 Å². The molecular weight excluding hydrogens is 678 g/mol. The topological polar surface area (TPSA) is 128 Å². The lowest BCUT2D eigenvalue weighted by atomic mass is 9.63. The smallest absolute Gasteiger partial charge is 0.360 e. The van der Waals surface area contributed by atoms with E-state index in [-0.39, 0.29) is 41.4 Å². The highest BCUT2D eigenvalue weighted by atomic mass is 35.5. The molecule has 12 heteroatoms. The van der Waals surface area contributed by atoms with Crippen LogP contribution in [0.5, 0.6) is 0 Å². The average molecular weight is 730 g/mol. The summed E-state index contributed by atoms with van der Waals surface area (Å²) < 4.78 is 46.2. The Kier molecular flexibility index (Phi) is 12.8. The van der Waals surface area contributed by atoms with Crippen LogP contribution in [-0.2, 0) is 37.1 Å². The Hall–Kier alpha value is -3.41. The summed E-state index contributed by atoms with van der Waals surface area (Å²) in [6, 6.07) is 6.00. The lowest BCUT2D eigenvalue weighted by molar-refractivity contribution is -0.115. The third kappa shape index (κ3) is 8.72. The first-order valence-corrected chi connectivity index (χ1v) is 19.2. The summed E-state index contributed by atoms with van der Waals surface area (Å²) in [6.45, 7) is 16.6. The number of methoxy groups -OCH3 is 2. The van der Waals surface area contributed by atoms with Gasteiger partial charge in [0, 0.05) is 36.5 Å². The lowest BCUT2D eigenvalue weighted by Crippen LogP contribution is -2.52. The summed E-state index contributed by atoms with van der Waals surface area (Å²) in [4.78, 5) is 32.3. The molecule has 4 rings (SSSR count). The molecule has 2 aromatic rings. The molecule has 1 aliphatic carbocycles. The second-order valence-electron chi connectivity index (χ2n) is 13.9. The van der Waals surface area contributed by atoms with Crippen molar-refractivity contribution in [3.8, 4) is 0 Å². The van der Waals surface area contributed by atoms with E-state index in [2.05, 4.69) is 41.1 Å². The van der Waals surface area contributed by atoms with Gasteiger partial charge in [0.25, 0.3) is 5.91 Å². The number of allylic oxidation sites excluding steroid dienone is 2. The molecule has 1 N–H and O–H groups in total. The van der Waals surface area contributed by atoms with E-state index in [0.29, 0.717) is 36.2 Å². The molecular formula is C38H52ClN3O7S. The van der Waals surface area contributed by atoms with E-state index in [1.807, 2.05) is 38.1 Å². The molecule has 1 saturated carbocycles. The number of halogens is 1. The molecule has 0 bridgehead atoms. The number of ether oxygens (including phenoxy) is 2. The van der Waals surface area contributed by atoms with Crippen LogP contribution >= 0.6 is 11.6 Å². The zero-order chi connectivity index (χ0) is 37.0. The molecule has 0 radical (unpaired) electrons. The predicted octanol–water partition coefficient (Wildman–Crippen LogP) is 6.94. The number of oxazole rings is 1. The summed E-state index contributed by atoms with van der Waals surface area (Å²) in [7, 11) is -1.03. The van der Waals surface area contributed by atoms with Gasteiger partial charge in [-0.2, -0.15) is 0 Å². The van der Waals surface area contributed by atoms with Gasteiger partial charge in [-0.3, -0.25) is 4.79 Å². The highest BCUT2D eigenvalue weighted by molar-refractivity contribution is 7.90. The lowest BCUT2D eigenvalue weighted by Gasteiger charge is -2.50. The van der Waals surface area contributed by atoms with E-state index in [1.54, 1.807) is 27.0 Å². The fourth-order valence-corrected chi connectivity index (χ4v) is 8.69. The van der Waals surface area contributed by atoms with E-state index in [9.17, 15) is 18.0 Å². The highest BCUT2D eigenvalue weighted by Crippen LogP contribution is 2.47. The highest BCUT2D eigenvalue weighted by Gasteiger charge is 2.48. The molecule has 50 heavy (non-hydrogen) atoms. The van der Waals surface area contributed by atoms with Crippen molar-refractivity contribution in [2.45, 2.75) is 90.4 Å². The number of hydrogen-bond donors (Lipinski definition) is 1. The molecule has 1 fully saturated rings. The Morgan fingerprint density at radius 2 is 1.96 bits per heavy atom. The van der Waals surface area contributed by atoms with Gasteiger partial charge < -0.3 is 18.8 Å². The monoisotopic (exact) mass is 729 g/mol. The van der Waals surface area contributed by atoms with Gasteiger partial charge >= 0.3 is 5.97 Å². The summed E-state index contributed by atoms with van der Waals surface area (Å²) >= 11 is 6.34. The molecule has 2 heterocycles. The van der Waals surface area contributed by atoms with Crippen LogP contribution in [0.15, 0.2) is 58.7 Å². The molecule has 274 valence electrons. The maximum absolute atomic E-state index is 13.3. The SMILES string of the molecule is C=C1/C=C(\C)N(C[C@@H](C)c2ccc(Cl)cc2CC)C[C@@H]2CC[C@H]2[C@@](Cc2nc(C(=O)OC)c(C)o2)(OC)/C=C/C[C@H](C)[C@@H](C)S(=O)(=O)NC1=O. The summed E-state index contributed by atoms with van der Waals surface area (Å²) in [6.07, 6.45) is 8.99. The molecule has 1 aliphatic heterocycles. The zero-order valence-electron chi connectivity index (χ0n) is 30.5. The zero-order valence-corrected chi connectivity index (χ0v) is 32.1. The largest absolute Gasteiger partial charge is 0.464 e. The molecule has 0 spiro atoms. The number of nitrogens with zero attached hydrogens (tertiary/aromatic N) is 2. The van der Waals surface area contributed by atoms with Gasteiger partial charge in [0.15, 0.2) is 11.6 Å². The first-order valence-electron chi connectivity index (χ1n) is 17.3. The Balaban J connectivity index is 1.79. The van der Waals surface area contributed by atoms with Crippen molar-refractivity contribution in [1.29, 1.82) is 0 Å². The normalized spacial score (nSPS) is 28.4. The number of amides is 1. The van der Waals surface area contributed by atoms with Crippen LogP contribution in [0.1, 0.15) is 93.1 Å². The second kappa shape index (κ2) is 16.3. The number of fused-ring (bicyclic) bond motifs is 1. The van der Waals surface area contributed by atoms with Gasteiger partial charge in [-0.25, -0.2) is 22.9 Å². The van der Waals surface area contributed by atoms with E-state index < -0.39 is 32.8 Å². The second-order valence-corrected chi connectivity index (χ2v) is 16.4. The number of nitrogens with one attached hydrogen (secondary N) is 1. The van der Waals surface area contributed by atoms with Gasteiger partial charge in [-0.1, -0.05) is 57.2 Å². The number of benzene rings is 1. The van der Waals surface area contributed by atoms with Crippen LogP contribution in [0.4, 0.5) is 0 Å². The van der Waals surface area contributed by atoms with E-state index in [1.165, 1.54) is 18.2 Å². The van der Waals surface area contributed by atoms with Crippen LogP contribution in [0.3, 0.4) is 0 Å². The quantitative estimate of drug-likeness (QED) is 0.175. The van der Waals surface area contributed by atoms with Gasteiger partial charge in [0.05, 0.1) is 24.4 Å². The van der Waals surface area contributed by atoms with Crippen molar-refractivity contribution in [1.82, 2.24) is 14.6 Å². The fourth-order valence-electron chi connectivity index (χ4n) is 7.20. The summed E-state index contributed by atoms with van der Waals surface area (Å²) in [5.41, 5.74) is 2.50. The number of carbonyl (C=O) groups is 2. The van der Waals surface area contributed by atoms with Crippen molar-refractivity contribution >= 4 is 33.5 Å². The van der Waals surface area contributed by atoms with Crippen molar-refractivity contribution in [2.75, 3.05) is 27.3 Å². The Morgan fingerprint density at radius 3 is 2.58 bits per heavy atom. The maximum Gasteiger partial charge on any atom is 0.360 e. The molecule has 1 aromatic carbocycles. The van der Waals surface area contributed by atoms with Gasteiger partial charge in [-0.05, 0) is 99.5 Å². The number of hydrogen-bond acceptors (Lipinski definition) is 9. The minimum Gasteiger partial charge on any atom is -0.464 e. The van der Waals surface area contributed by atoms with E-state index >= 15 is 0 Å². The Bertz CT molecular complexity index is 1750. The fraction of sp³-hybridized carbons (Fsp3) is 0.553. The number of aromatic nitrogens is 1. The van der Waals surface area contributed by atoms with E-state index in [0.717, 1.165) is 25.0 Å². The third-order valence-corrected chi connectivity index (χ3v) is 12.8. The van der Waals surface area contributed by atoms with Crippen LogP contribution in [0.25, 0.3) is 0 Å². The molecule has 6 atom stereocenters. The molecule has 0 saturated heterocycles. The average Bonchev–Trinajstić information content (AvgIpc) is 3.42. The van der Waals surface area contributed by atoms with Crippen molar-refractivity contribution < 1.29 is 31.9 Å². The number of sulfonamides is 1. The van der Waals surface area contributed by atoms with Crippen molar-refractivity contribution in [3.63, 3.8) is 0 Å². The number of rotatable bonds is 8. The number of esters is 1. The maximum atomic E-state index is 13.3. The summed E-state index contributed by atoms with van der Waals surface area (Å²) in [5, 5.41) is -0.169. The molecule has 2 aliphatic rings. The number of aryl methyl sites for hydroxylation is 2. The van der Waals surface area contributed by atoms with Crippen LogP contribution in [0, 0.1) is 24.7 Å². The van der Waals surface area contributed by atoms with E-state index in [4.69, 9.17) is 25.5 Å². The molecule has 1 amide bonds. The Labute approximate surface area is 302 Å². The van der Waals surface area contributed by atoms with Gasteiger partial charge in [0.2, 0.25) is 10.0 Å². The first-order chi connectivity index (χ1) is 23.5.